The Morgan fingerprint density at radius 3 is 2.62 bits per heavy atom. The lowest BCUT2D eigenvalue weighted by Gasteiger charge is -2.16. The Kier molecular flexibility index (Phi) is 3.01. The minimum atomic E-state index is 0.139. The van der Waals surface area contributed by atoms with Crippen molar-refractivity contribution in [2.45, 2.75) is 13.0 Å². The molecule has 0 aromatic carbocycles. The third kappa shape index (κ3) is 1.97. The molecule has 2 heterocycles. The minimum absolute atomic E-state index is 0.139. The van der Waals surface area contributed by atoms with Gasteiger partial charge in [0.15, 0.2) is 0 Å². The zero-order valence-electron chi connectivity index (χ0n) is 9.81. The summed E-state index contributed by atoms with van der Waals surface area (Å²) in [7, 11) is 3.89. The van der Waals surface area contributed by atoms with E-state index in [0.29, 0.717) is 0 Å². The van der Waals surface area contributed by atoms with Crippen molar-refractivity contribution in [3.05, 3.63) is 47.5 Å². The lowest BCUT2D eigenvalue weighted by atomic mass is 10.1. The average Bonchev–Trinajstić information content (AvgIpc) is 2.69. The monoisotopic (exact) mass is 216 g/mol. The third-order valence-corrected chi connectivity index (χ3v) is 2.71. The maximum absolute atomic E-state index is 4.32. The molecule has 2 aromatic heterocycles. The molecule has 0 fully saturated rings. The maximum atomic E-state index is 4.32. The van der Waals surface area contributed by atoms with E-state index in [-0.39, 0.29) is 6.04 Å². The van der Waals surface area contributed by atoms with Crippen molar-refractivity contribution in [2.75, 3.05) is 7.05 Å². The highest BCUT2D eigenvalue weighted by Gasteiger charge is 2.15. The Hall–Kier alpha value is -1.68. The lowest BCUT2D eigenvalue weighted by molar-refractivity contribution is 0.604. The van der Waals surface area contributed by atoms with Gasteiger partial charge in [0.25, 0.3) is 0 Å². The molecule has 2 aromatic rings. The first kappa shape index (κ1) is 10.8. The predicted octanol–water partition coefficient (Wildman–Crippen LogP) is 1.43. The van der Waals surface area contributed by atoms with Crippen molar-refractivity contribution in [3.63, 3.8) is 0 Å². The van der Waals surface area contributed by atoms with Crippen LogP contribution in [-0.4, -0.2) is 21.8 Å². The number of hydrogen-bond donors (Lipinski definition) is 1. The molecule has 0 spiro atoms. The minimum Gasteiger partial charge on any atom is -0.308 e. The van der Waals surface area contributed by atoms with Crippen molar-refractivity contribution in [3.8, 4) is 0 Å². The van der Waals surface area contributed by atoms with Crippen molar-refractivity contribution >= 4 is 0 Å². The van der Waals surface area contributed by atoms with E-state index < -0.39 is 0 Å². The van der Waals surface area contributed by atoms with Crippen LogP contribution in [0.5, 0.6) is 0 Å². The SMILES string of the molecule is CNC(c1ccc(C)nc1)c1ccnn1C. The van der Waals surface area contributed by atoms with Gasteiger partial charge in [-0.1, -0.05) is 6.07 Å². The summed E-state index contributed by atoms with van der Waals surface area (Å²) in [5, 5.41) is 7.46. The van der Waals surface area contributed by atoms with Gasteiger partial charge in [0.1, 0.15) is 0 Å². The second-order valence-electron chi connectivity index (χ2n) is 3.83. The molecule has 0 aliphatic carbocycles. The molecule has 0 aliphatic rings. The van der Waals surface area contributed by atoms with Gasteiger partial charge in [0.2, 0.25) is 0 Å². The van der Waals surface area contributed by atoms with Crippen LogP contribution in [0.1, 0.15) is 23.0 Å². The van der Waals surface area contributed by atoms with Crippen molar-refractivity contribution in [2.24, 2.45) is 7.05 Å². The number of aryl methyl sites for hydroxylation is 2. The highest BCUT2D eigenvalue weighted by Crippen LogP contribution is 2.20. The molecule has 0 saturated carbocycles. The Bertz CT molecular complexity index is 458. The maximum Gasteiger partial charge on any atom is 0.0760 e. The number of hydrogen-bond acceptors (Lipinski definition) is 3. The molecular formula is C12H16N4. The summed E-state index contributed by atoms with van der Waals surface area (Å²) in [6, 6.07) is 6.27. The zero-order chi connectivity index (χ0) is 11.5. The van der Waals surface area contributed by atoms with Crippen molar-refractivity contribution in [1.29, 1.82) is 0 Å². The van der Waals surface area contributed by atoms with Crippen LogP contribution in [0.2, 0.25) is 0 Å². The van der Waals surface area contributed by atoms with E-state index in [1.54, 1.807) is 6.20 Å². The van der Waals surface area contributed by atoms with Gasteiger partial charge >= 0.3 is 0 Å². The molecule has 0 saturated heterocycles. The van der Waals surface area contributed by atoms with Gasteiger partial charge < -0.3 is 5.32 Å². The van der Waals surface area contributed by atoms with E-state index in [9.17, 15) is 0 Å². The van der Waals surface area contributed by atoms with Gasteiger partial charge in [0.05, 0.1) is 11.7 Å². The summed E-state index contributed by atoms with van der Waals surface area (Å²) in [6.45, 7) is 1.99. The molecule has 0 bridgehead atoms. The molecule has 1 N–H and O–H groups in total. The third-order valence-electron chi connectivity index (χ3n) is 2.71. The lowest BCUT2D eigenvalue weighted by Crippen LogP contribution is -2.20. The van der Waals surface area contributed by atoms with Crippen molar-refractivity contribution < 1.29 is 0 Å². The molecule has 2 rings (SSSR count). The fraction of sp³-hybridized carbons (Fsp3) is 0.333. The molecular weight excluding hydrogens is 200 g/mol. The Morgan fingerprint density at radius 2 is 2.12 bits per heavy atom. The van der Waals surface area contributed by atoms with Crippen LogP contribution in [0.4, 0.5) is 0 Å². The van der Waals surface area contributed by atoms with Crippen LogP contribution >= 0.6 is 0 Å². The molecule has 84 valence electrons. The van der Waals surface area contributed by atoms with E-state index in [2.05, 4.69) is 21.5 Å². The molecule has 0 radical (unpaired) electrons. The average molecular weight is 216 g/mol. The van der Waals surface area contributed by atoms with Crippen LogP contribution in [0.25, 0.3) is 0 Å². The fourth-order valence-electron chi connectivity index (χ4n) is 1.80. The smallest absolute Gasteiger partial charge is 0.0760 e. The van der Waals surface area contributed by atoms with Gasteiger partial charge in [-0.05, 0) is 31.7 Å². The molecule has 4 nitrogen and oxygen atoms in total. The number of nitrogens with zero attached hydrogens (tertiary/aromatic N) is 3. The summed E-state index contributed by atoms with van der Waals surface area (Å²) in [5.41, 5.74) is 3.31. The Labute approximate surface area is 95.3 Å². The highest BCUT2D eigenvalue weighted by molar-refractivity contribution is 5.26. The standard InChI is InChI=1S/C12H16N4/c1-9-4-5-10(8-14-9)12(13-2)11-6-7-15-16(11)3/h4-8,12-13H,1-3H3. The van der Waals surface area contributed by atoms with Crippen LogP contribution in [-0.2, 0) is 7.05 Å². The van der Waals surface area contributed by atoms with E-state index in [4.69, 9.17) is 0 Å². The van der Waals surface area contributed by atoms with Gasteiger partial charge in [-0.15, -0.1) is 0 Å². The summed E-state index contributed by atoms with van der Waals surface area (Å²) in [5.74, 6) is 0. The molecule has 0 amide bonds. The van der Waals surface area contributed by atoms with Crippen LogP contribution in [0.15, 0.2) is 30.6 Å². The quantitative estimate of drug-likeness (QED) is 0.844. The van der Waals surface area contributed by atoms with Gasteiger partial charge in [0, 0.05) is 25.1 Å². The Balaban J connectivity index is 2.37. The molecule has 4 heteroatoms. The molecule has 0 aliphatic heterocycles. The van der Waals surface area contributed by atoms with Gasteiger partial charge in [-0.3, -0.25) is 9.67 Å². The van der Waals surface area contributed by atoms with E-state index >= 15 is 0 Å². The Morgan fingerprint density at radius 1 is 1.31 bits per heavy atom. The van der Waals surface area contributed by atoms with Crippen LogP contribution in [0.3, 0.4) is 0 Å². The summed E-state index contributed by atoms with van der Waals surface area (Å²) in [6.07, 6.45) is 3.71. The van der Waals surface area contributed by atoms with Crippen molar-refractivity contribution in [1.82, 2.24) is 20.1 Å². The first-order valence-electron chi connectivity index (χ1n) is 5.30. The van der Waals surface area contributed by atoms with Crippen LogP contribution < -0.4 is 5.32 Å². The largest absolute Gasteiger partial charge is 0.308 e. The summed E-state index contributed by atoms with van der Waals surface area (Å²) < 4.78 is 1.88. The molecule has 16 heavy (non-hydrogen) atoms. The van der Waals surface area contributed by atoms with E-state index in [0.717, 1.165) is 17.0 Å². The zero-order valence-corrected chi connectivity index (χ0v) is 9.81. The second-order valence-corrected chi connectivity index (χ2v) is 3.83. The fourth-order valence-corrected chi connectivity index (χ4v) is 1.80. The number of pyridine rings is 1. The first-order valence-corrected chi connectivity index (χ1v) is 5.30. The molecule has 1 unspecified atom stereocenters. The van der Waals surface area contributed by atoms with Crippen LogP contribution in [0, 0.1) is 6.92 Å². The summed E-state index contributed by atoms with van der Waals surface area (Å²) in [4.78, 5) is 4.32. The normalized spacial score (nSPS) is 12.7. The topological polar surface area (TPSA) is 42.7 Å². The second kappa shape index (κ2) is 4.45. The number of nitrogens with one attached hydrogen (secondary N) is 1. The predicted molar refractivity (Wildman–Crippen MR) is 63.1 cm³/mol. The first-order chi connectivity index (χ1) is 7.72. The number of aromatic nitrogens is 3. The highest BCUT2D eigenvalue weighted by atomic mass is 15.3. The van der Waals surface area contributed by atoms with E-state index in [1.807, 2.05) is 44.0 Å². The molecule has 1 atom stereocenters. The van der Waals surface area contributed by atoms with Gasteiger partial charge in [-0.2, -0.15) is 5.10 Å². The summed E-state index contributed by atoms with van der Waals surface area (Å²) >= 11 is 0. The van der Waals surface area contributed by atoms with E-state index in [1.165, 1.54) is 0 Å². The number of rotatable bonds is 3. The van der Waals surface area contributed by atoms with Gasteiger partial charge in [-0.25, -0.2) is 0 Å².